The van der Waals surface area contributed by atoms with Gasteiger partial charge in [0.05, 0.1) is 15.7 Å². The second-order valence-electron chi connectivity index (χ2n) is 3.09. The lowest BCUT2D eigenvalue weighted by molar-refractivity contribution is 0.456. The third-order valence-electron chi connectivity index (χ3n) is 2.01. The molecule has 0 radical (unpaired) electrons. The predicted octanol–water partition coefficient (Wildman–Crippen LogP) is 2.41. The van der Waals surface area contributed by atoms with E-state index in [-0.39, 0.29) is 21.5 Å². The molecule has 7 heteroatoms. The van der Waals surface area contributed by atoms with Gasteiger partial charge in [-0.1, -0.05) is 0 Å². The van der Waals surface area contributed by atoms with Crippen molar-refractivity contribution in [2.45, 2.75) is 0 Å². The fourth-order valence-electron chi connectivity index (χ4n) is 1.29. The van der Waals surface area contributed by atoms with Crippen LogP contribution >= 0.6 is 15.9 Å². The van der Waals surface area contributed by atoms with Crippen LogP contribution in [0.5, 0.6) is 5.75 Å². The molecule has 4 nitrogen and oxygen atoms in total. The highest BCUT2D eigenvalue weighted by molar-refractivity contribution is 9.10. The molecule has 1 aromatic heterocycles. The average molecular weight is 290 g/mol. The number of rotatable bonds is 1. The van der Waals surface area contributed by atoms with Crippen LogP contribution < -0.4 is 5.73 Å². The van der Waals surface area contributed by atoms with E-state index in [2.05, 4.69) is 26.1 Å². The minimum atomic E-state index is -0.916. The van der Waals surface area contributed by atoms with Gasteiger partial charge in [-0.05, 0) is 15.9 Å². The zero-order valence-corrected chi connectivity index (χ0v) is 9.35. The van der Waals surface area contributed by atoms with Crippen molar-refractivity contribution in [3.05, 3.63) is 28.2 Å². The Morgan fingerprint density at radius 1 is 1.38 bits per heavy atom. The summed E-state index contributed by atoms with van der Waals surface area (Å²) >= 11 is 2.81. The van der Waals surface area contributed by atoms with Crippen LogP contribution in [0.4, 0.5) is 14.6 Å². The van der Waals surface area contributed by atoms with Gasteiger partial charge >= 0.3 is 0 Å². The van der Waals surface area contributed by atoms with Gasteiger partial charge in [-0.2, -0.15) is 5.10 Å². The summed E-state index contributed by atoms with van der Waals surface area (Å²) in [7, 11) is 0. The van der Waals surface area contributed by atoms with Crippen LogP contribution in [0.15, 0.2) is 16.6 Å². The topological polar surface area (TPSA) is 74.9 Å². The van der Waals surface area contributed by atoms with Crippen molar-refractivity contribution >= 4 is 21.7 Å². The Hall–Kier alpha value is -1.63. The molecule has 0 atom stereocenters. The number of nitrogens with zero attached hydrogens (tertiary/aromatic N) is 1. The van der Waals surface area contributed by atoms with Crippen molar-refractivity contribution in [2.75, 3.05) is 5.73 Å². The highest BCUT2D eigenvalue weighted by atomic mass is 79.9. The first-order valence-electron chi connectivity index (χ1n) is 4.18. The number of aromatic hydroxyl groups is 1. The summed E-state index contributed by atoms with van der Waals surface area (Å²) in [5.74, 6) is -2.20. The summed E-state index contributed by atoms with van der Waals surface area (Å²) in [5.41, 5.74) is 5.12. The minimum absolute atomic E-state index is 0.105. The minimum Gasteiger partial charge on any atom is -0.507 e. The Morgan fingerprint density at radius 3 is 2.62 bits per heavy atom. The molecule has 0 aliphatic heterocycles. The number of hydrogen-bond donors (Lipinski definition) is 3. The molecule has 0 saturated heterocycles. The number of phenolic OH excluding ortho intramolecular Hbond substituents is 1. The zero-order chi connectivity index (χ0) is 11.9. The molecule has 0 amide bonds. The number of halogens is 3. The van der Waals surface area contributed by atoms with Gasteiger partial charge < -0.3 is 10.8 Å². The molecule has 0 aliphatic rings. The average Bonchev–Trinajstić information content (AvgIpc) is 2.61. The molecule has 0 saturated carbocycles. The maximum atomic E-state index is 13.7. The molecule has 0 fully saturated rings. The summed E-state index contributed by atoms with van der Waals surface area (Å²) in [6.45, 7) is 0. The highest BCUT2D eigenvalue weighted by Gasteiger charge is 2.19. The van der Waals surface area contributed by atoms with Crippen LogP contribution in [0.1, 0.15) is 0 Å². The number of nitrogens with two attached hydrogens (primary N) is 1. The molecule has 84 valence electrons. The van der Waals surface area contributed by atoms with E-state index in [0.29, 0.717) is 0 Å². The van der Waals surface area contributed by atoms with E-state index in [1.165, 1.54) is 6.07 Å². The van der Waals surface area contributed by atoms with Gasteiger partial charge in [-0.3, -0.25) is 5.10 Å². The monoisotopic (exact) mass is 289 g/mol. The lowest BCUT2D eigenvalue weighted by atomic mass is 10.1. The Morgan fingerprint density at radius 2 is 2.06 bits per heavy atom. The van der Waals surface area contributed by atoms with Crippen LogP contribution in [0.25, 0.3) is 11.3 Å². The molecule has 2 aromatic rings. The molecule has 16 heavy (non-hydrogen) atoms. The van der Waals surface area contributed by atoms with Crippen molar-refractivity contribution < 1.29 is 13.9 Å². The molecular weight excluding hydrogens is 284 g/mol. The predicted molar refractivity (Wildman–Crippen MR) is 57.7 cm³/mol. The highest BCUT2D eigenvalue weighted by Crippen LogP contribution is 2.35. The lowest BCUT2D eigenvalue weighted by Gasteiger charge is -2.05. The first kappa shape index (κ1) is 10.9. The van der Waals surface area contributed by atoms with Gasteiger partial charge in [0.15, 0.2) is 5.82 Å². The van der Waals surface area contributed by atoms with E-state index in [4.69, 9.17) is 5.73 Å². The number of nitrogens with one attached hydrogen (secondary N) is 1. The smallest absolute Gasteiger partial charge is 0.153 e. The van der Waals surface area contributed by atoms with E-state index < -0.39 is 17.4 Å². The fraction of sp³-hybridized carbons (Fsp3) is 0. The Balaban J connectivity index is 2.70. The van der Waals surface area contributed by atoms with Gasteiger partial charge in [0.2, 0.25) is 0 Å². The van der Waals surface area contributed by atoms with Gasteiger partial charge in [-0.15, -0.1) is 0 Å². The summed E-state index contributed by atoms with van der Waals surface area (Å²) in [5, 5.41) is 15.1. The number of nitrogen functional groups attached to an aromatic ring is 1. The number of aromatic nitrogens is 2. The number of H-pyrrole nitrogens is 1. The van der Waals surface area contributed by atoms with Crippen LogP contribution in [0.3, 0.4) is 0 Å². The van der Waals surface area contributed by atoms with E-state index in [9.17, 15) is 13.9 Å². The summed E-state index contributed by atoms with van der Waals surface area (Å²) < 4.78 is 26.9. The second kappa shape index (κ2) is 3.75. The van der Waals surface area contributed by atoms with E-state index in [1.807, 2.05) is 0 Å². The molecule has 1 heterocycles. The summed E-state index contributed by atoms with van der Waals surface area (Å²) in [6.07, 6.45) is 0. The van der Waals surface area contributed by atoms with Crippen LogP contribution in [-0.4, -0.2) is 15.3 Å². The first-order valence-corrected chi connectivity index (χ1v) is 4.97. The molecule has 0 aliphatic carbocycles. The normalized spacial score (nSPS) is 10.7. The first-order chi connectivity index (χ1) is 7.50. The molecule has 0 unspecified atom stereocenters. The van der Waals surface area contributed by atoms with Crippen molar-refractivity contribution in [2.24, 2.45) is 0 Å². The molecule has 2 rings (SSSR count). The molecule has 0 spiro atoms. The Kier molecular flexibility index (Phi) is 2.55. The second-order valence-corrected chi connectivity index (χ2v) is 3.88. The summed E-state index contributed by atoms with van der Waals surface area (Å²) in [6, 6.07) is 2.10. The maximum Gasteiger partial charge on any atom is 0.153 e. The lowest BCUT2D eigenvalue weighted by Crippen LogP contribution is -1.92. The third kappa shape index (κ3) is 1.63. The largest absolute Gasteiger partial charge is 0.507 e. The van der Waals surface area contributed by atoms with Gasteiger partial charge in [0.25, 0.3) is 0 Å². The van der Waals surface area contributed by atoms with Gasteiger partial charge in [0.1, 0.15) is 17.4 Å². The number of phenols is 1. The van der Waals surface area contributed by atoms with Crippen molar-refractivity contribution in [1.82, 2.24) is 10.2 Å². The number of benzene rings is 1. The van der Waals surface area contributed by atoms with E-state index in [1.54, 1.807) is 0 Å². The molecule has 1 aromatic carbocycles. The molecular formula is C9H6BrF2N3O. The fourth-order valence-corrected chi connectivity index (χ4v) is 1.61. The van der Waals surface area contributed by atoms with Gasteiger partial charge in [-0.25, -0.2) is 8.78 Å². The van der Waals surface area contributed by atoms with E-state index in [0.717, 1.165) is 6.07 Å². The molecule has 0 bridgehead atoms. The Labute approximate surface area is 97.2 Å². The van der Waals surface area contributed by atoms with E-state index >= 15 is 0 Å². The number of anilines is 1. The van der Waals surface area contributed by atoms with Crippen LogP contribution in [0, 0.1) is 11.6 Å². The quantitative estimate of drug-likeness (QED) is 0.706. The van der Waals surface area contributed by atoms with Crippen LogP contribution in [0.2, 0.25) is 0 Å². The van der Waals surface area contributed by atoms with Gasteiger partial charge in [0, 0.05) is 12.1 Å². The SMILES string of the molecule is Nc1cc(-c2c(F)cc(O)c(Br)c2F)[nH]n1. The zero-order valence-electron chi connectivity index (χ0n) is 7.76. The summed E-state index contributed by atoms with van der Waals surface area (Å²) in [4.78, 5) is 0. The van der Waals surface area contributed by atoms with Crippen molar-refractivity contribution in [1.29, 1.82) is 0 Å². The third-order valence-corrected chi connectivity index (χ3v) is 2.76. The standard InChI is InChI=1S/C9H6BrF2N3O/c10-8-5(16)1-3(11)7(9(8)12)4-2-6(13)15-14-4/h1-2,16H,(H3,13,14,15). The maximum absolute atomic E-state index is 13.7. The number of aromatic amines is 1. The molecule has 4 N–H and O–H groups in total. The van der Waals surface area contributed by atoms with Crippen molar-refractivity contribution in [3.8, 4) is 17.0 Å². The Bertz CT molecular complexity index is 556. The van der Waals surface area contributed by atoms with Crippen molar-refractivity contribution in [3.63, 3.8) is 0 Å². The number of hydrogen-bond acceptors (Lipinski definition) is 3. The van der Waals surface area contributed by atoms with Crippen LogP contribution in [-0.2, 0) is 0 Å².